The molecule has 1 fully saturated rings. The first-order valence-electron chi connectivity index (χ1n) is 4.90. The molecule has 1 aliphatic heterocycles. The summed E-state index contributed by atoms with van der Waals surface area (Å²) in [5.41, 5.74) is -0.0336. The largest absolute Gasteiger partial charge is 0.447 e. The number of aliphatic hydroxyl groups is 1. The average molecular weight is 242 g/mol. The van der Waals surface area contributed by atoms with E-state index in [-0.39, 0.29) is 13.2 Å². The monoisotopic (exact) mass is 241 g/mol. The molecule has 2 rings (SSSR count). The van der Waals surface area contributed by atoms with Gasteiger partial charge in [0.1, 0.15) is 12.1 Å². The smallest absolute Gasteiger partial charge is 0.415 e. The van der Waals surface area contributed by atoms with Crippen molar-refractivity contribution in [3.05, 3.63) is 29.3 Å². The molecule has 1 unspecified atom stereocenters. The van der Waals surface area contributed by atoms with Crippen LogP contribution in [-0.4, -0.2) is 30.0 Å². The van der Waals surface area contributed by atoms with Crippen LogP contribution in [0.1, 0.15) is 6.92 Å². The standard InChI is InChI=1S/C11H12ClNO3/c1-11(6-14)7-16-10(15)13(11)9-4-2-8(12)3-5-9/h2-5,14H,6-7H2,1H3. The van der Waals surface area contributed by atoms with Gasteiger partial charge in [-0.2, -0.15) is 0 Å². The molecule has 1 amide bonds. The van der Waals surface area contributed by atoms with Gasteiger partial charge < -0.3 is 9.84 Å². The predicted octanol–water partition coefficient (Wildman–Crippen LogP) is 2.05. The molecule has 0 bridgehead atoms. The maximum atomic E-state index is 11.6. The van der Waals surface area contributed by atoms with Crippen molar-refractivity contribution >= 4 is 23.4 Å². The number of carbonyl (C=O) groups excluding carboxylic acids is 1. The summed E-state index contributed by atoms with van der Waals surface area (Å²) in [4.78, 5) is 13.0. The lowest BCUT2D eigenvalue weighted by atomic mass is 10.0. The second-order valence-corrected chi connectivity index (χ2v) is 4.46. The summed E-state index contributed by atoms with van der Waals surface area (Å²) in [7, 11) is 0. The van der Waals surface area contributed by atoms with Gasteiger partial charge in [-0.25, -0.2) is 4.79 Å². The highest BCUT2D eigenvalue weighted by Gasteiger charge is 2.44. The van der Waals surface area contributed by atoms with Crippen molar-refractivity contribution < 1.29 is 14.6 Å². The molecular weight excluding hydrogens is 230 g/mol. The van der Waals surface area contributed by atoms with Crippen molar-refractivity contribution in [2.24, 2.45) is 0 Å². The number of hydrogen-bond acceptors (Lipinski definition) is 3. The van der Waals surface area contributed by atoms with Crippen molar-refractivity contribution in [1.29, 1.82) is 0 Å². The second-order valence-electron chi connectivity index (χ2n) is 4.02. The molecule has 0 spiro atoms. The first-order valence-corrected chi connectivity index (χ1v) is 5.28. The first kappa shape index (κ1) is 11.2. The van der Waals surface area contributed by atoms with E-state index in [9.17, 15) is 9.90 Å². The molecular formula is C11H12ClNO3. The Morgan fingerprint density at radius 1 is 1.50 bits per heavy atom. The van der Waals surface area contributed by atoms with Gasteiger partial charge in [-0.1, -0.05) is 11.6 Å². The maximum Gasteiger partial charge on any atom is 0.415 e. The summed E-state index contributed by atoms with van der Waals surface area (Å²) in [6, 6.07) is 6.84. The molecule has 0 aliphatic carbocycles. The van der Waals surface area contributed by atoms with E-state index in [2.05, 4.69) is 0 Å². The molecule has 86 valence electrons. The molecule has 1 atom stereocenters. The normalized spacial score (nSPS) is 24.7. The molecule has 1 N–H and O–H groups in total. The number of ether oxygens (including phenoxy) is 1. The van der Waals surface area contributed by atoms with E-state index in [1.807, 2.05) is 0 Å². The fourth-order valence-corrected chi connectivity index (χ4v) is 1.82. The van der Waals surface area contributed by atoms with E-state index in [4.69, 9.17) is 16.3 Å². The molecule has 1 aliphatic rings. The molecule has 1 saturated heterocycles. The number of benzene rings is 1. The Morgan fingerprint density at radius 2 is 2.12 bits per heavy atom. The zero-order chi connectivity index (χ0) is 11.8. The Labute approximate surface area is 98.4 Å². The van der Waals surface area contributed by atoms with E-state index in [1.54, 1.807) is 31.2 Å². The van der Waals surface area contributed by atoms with Crippen molar-refractivity contribution in [3.8, 4) is 0 Å². The van der Waals surface area contributed by atoms with E-state index in [1.165, 1.54) is 4.90 Å². The lowest BCUT2D eigenvalue weighted by Gasteiger charge is -2.29. The Morgan fingerprint density at radius 3 is 2.69 bits per heavy atom. The minimum atomic E-state index is -0.703. The van der Waals surface area contributed by atoms with Crippen LogP contribution in [0.15, 0.2) is 24.3 Å². The minimum absolute atomic E-state index is 0.151. The summed E-state index contributed by atoms with van der Waals surface area (Å²) in [6.07, 6.45) is -0.445. The third-order valence-corrected chi connectivity index (χ3v) is 2.91. The van der Waals surface area contributed by atoms with Crippen molar-refractivity contribution in [2.75, 3.05) is 18.1 Å². The summed E-state index contributed by atoms with van der Waals surface area (Å²) in [6.45, 7) is 1.80. The lowest BCUT2D eigenvalue weighted by molar-refractivity contribution is 0.155. The number of hydrogen-bond donors (Lipinski definition) is 1. The highest BCUT2D eigenvalue weighted by atomic mass is 35.5. The van der Waals surface area contributed by atoms with Crippen LogP contribution >= 0.6 is 11.6 Å². The number of anilines is 1. The highest BCUT2D eigenvalue weighted by molar-refractivity contribution is 6.30. The number of carbonyl (C=O) groups is 1. The second kappa shape index (κ2) is 3.96. The third kappa shape index (κ3) is 1.74. The summed E-state index contributed by atoms with van der Waals surface area (Å²) in [5, 5.41) is 9.93. The fraction of sp³-hybridized carbons (Fsp3) is 0.364. The zero-order valence-electron chi connectivity index (χ0n) is 8.81. The SMILES string of the molecule is CC1(CO)COC(=O)N1c1ccc(Cl)cc1. The summed E-state index contributed by atoms with van der Waals surface area (Å²) in [5.74, 6) is 0. The molecule has 5 heteroatoms. The topological polar surface area (TPSA) is 49.8 Å². The van der Waals surface area contributed by atoms with Crippen LogP contribution in [0.25, 0.3) is 0 Å². The quantitative estimate of drug-likeness (QED) is 0.862. The predicted molar refractivity (Wildman–Crippen MR) is 60.8 cm³/mol. The fourth-order valence-electron chi connectivity index (χ4n) is 1.69. The number of rotatable bonds is 2. The molecule has 0 aromatic heterocycles. The van der Waals surface area contributed by atoms with Gasteiger partial charge >= 0.3 is 6.09 Å². The molecule has 1 aromatic carbocycles. The van der Waals surface area contributed by atoms with Gasteiger partial charge in [0.2, 0.25) is 0 Å². The van der Waals surface area contributed by atoms with Gasteiger partial charge in [-0.05, 0) is 31.2 Å². The van der Waals surface area contributed by atoms with E-state index in [0.717, 1.165) is 0 Å². The van der Waals surface area contributed by atoms with Crippen LogP contribution in [0.5, 0.6) is 0 Å². The van der Waals surface area contributed by atoms with E-state index >= 15 is 0 Å². The zero-order valence-corrected chi connectivity index (χ0v) is 9.57. The van der Waals surface area contributed by atoms with Crippen LogP contribution in [-0.2, 0) is 4.74 Å². The molecule has 0 radical (unpaired) electrons. The average Bonchev–Trinajstić information content (AvgIpc) is 2.58. The van der Waals surface area contributed by atoms with Gasteiger partial charge in [0, 0.05) is 10.7 Å². The number of halogens is 1. The number of aliphatic hydroxyl groups excluding tert-OH is 1. The number of amides is 1. The van der Waals surface area contributed by atoms with Gasteiger partial charge in [-0.15, -0.1) is 0 Å². The first-order chi connectivity index (χ1) is 7.57. The van der Waals surface area contributed by atoms with Gasteiger partial charge in [0.05, 0.1) is 6.61 Å². The Balaban J connectivity index is 2.37. The van der Waals surface area contributed by atoms with Gasteiger partial charge in [-0.3, -0.25) is 4.90 Å². The molecule has 1 aromatic rings. The maximum absolute atomic E-state index is 11.6. The van der Waals surface area contributed by atoms with E-state index in [0.29, 0.717) is 10.7 Å². The Hall–Kier alpha value is -1.26. The Bertz CT molecular complexity index is 406. The summed E-state index contributed by atoms with van der Waals surface area (Å²) >= 11 is 5.78. The van der Waals surface area contributed by atoms with Gasteiger partial charge in [0.15, 0.2) is 0 Å². The van der Waals surface area contributed by atoms with Crippen LogP contribution < -0.4 is 4.90 Å². The molecule has 16 heavy (non-hydrogen) atoms. The van der Waals surface area contributed by atoms with Crippen molar-refractivity contribution in [2.45, 2.75) is 12.5 Å². The number of nitrogens with zero attached hydrogens (tertiary/aromatic N) is 1. The van der Waals surface area contributed by atoms with Gasteiger partial charge in [0.25, 0.3) is 0 Å². The minimum Gasteiger partial charge on any atom is -0.447 e. The molecule has 1 heterocycles. The van der Waals surface area contributed by atoms with Crippen LogP contribution in [0.4, 0.5) is 10.5 Å². The van der Waals surface area contributed by atoms with Crippen LogP contribution in [0, 0.1) is 0 Å². The van der Waals surface area contributed by atoms with Crippen molar-refractivity contribution in [3.63, 3.8) is 0 Å². The highest BCUT2D eigenvalue weighted by Crippen LogP contribution is 2.31. The molecule has 4 nitrogen and oxygen atoms in total. The lowest BCUT2D eigenvalue weighted by Crippen LogP contribution is -2.47. The Kier molecular flexibility index (Phi) is 2.78. The van der Waals surface area contributed by atoms with Crippen LogP contribution in [0.3, 0.4) is 0 Å². The number of cyclic esters (lactones) is 1. The van der Waals surface area contributed by atoms with E-state index < -0.39 is 11.6 Å². The van der Waals surface area contributed by atoms with Crippen molar-refractivity contribution in [1.82, 2.24) is 0 Å². The van der Waals surface area contributed by atoms with Crippen LogP contribution in [0.2, 0.25) is 5.02 Å². The summed E-state index contributed by atoms with van der Waals surface area (Å²) < 4.78 is 4.95. The third-order valence-electron chi connectivity index (χ3n) is 2.65. The molecule has 0 saturated carbocycles.